The number of nitriles is 1. The summed E-state index contributed by atoms with van der Waals surface area (Å²) in [5, 5.41) is 9.75. The first kappa shape index (κ1) is 23.9. The molecule has 170 valence electrons. The van der Waals surface area contributed by atoms with E-state index < -0.39 is 11.4 Å². The van der Waals surface area contributed by atoms with Gasteiger partial charge in [-0.25, -0.2) is 4.79 Å². The molecule has 0 bridgehead atoms. The van der Waals surface area contributed by atoms with Crippen molar-refractivity contribution in [3.63, 3.8) is 0 Å². The van der Waals surface area contributed by atoms with Gasteiger partial charge in [0.2, 0.25) is 0 Å². The maximum atomic E-state index is 12.9. The number of hydrogen-bond acceptors (Lipinski definition) is 4. The van der Waals surface area contributed by atoms with Gasteiger partial charge in [-0.2, -0.15) is 5.26 Å². The second-order valence-electron chi connectivity index (χ2n) is 8.91. The number of hydrogen-bond donors (Lipinski definition) is 0. The van der Waals surface area contributed by atoms with Crippen molar-refractivity contribution in [2.24, 2.45) is 11.3 Å². The number of benzene rings is 2. The van der Waals surface area contributed by atoms with Gasteiger partial charge in [0, 0.05) is 0 Å². The molecule has 0 aromatic heterocycles. The minimum atomic E-state index is -1.01. The summed E-state index contributed by atoms with van der Waals surface area (Å²) >= 11 is 0. The lowest BCUT2D eigenvalue weighted by Crippen LogP contribution is -2.38. The van der Waals surface area contributed by atoms with Crippen molar-refractivity contribution in [2.75, 3.05) is 6.61 Å². The molecule has 2 aromatic carbocycles. The Morgan fingerprint density at radius 1 is 1.00 bits per heavy atom. The quantitative estimate of drug-likeness (QED) is 0.224. The number of nitrogens with zero attached hydrogens (tertiary/aromatic N) is 1. The van der Waals surface area contributed by atoms with Gasteiger partial charge in [-0.15, -0.1) is 0 Å². The Balaban J connectivity index is 1.58. The van der Waals surface area contributed by atoms with Gasteiger partial charge in [0.1, 0.15) is 11.5 Å². The third-order valence-corrected chi connectivity index (χ3v) is 6.55. The van der Waals surface area contributed by atoms with Crippen molar-refractivity contribution < 1.29 is 14.3 Å². The van der Waals surface area contributed by atoms with E-state index in [-0.39, 0.29) is 0 Å². The predicted octanol–water partition coefficient (Wildman–Crippen LogP) is 7.33. The zero-order chi connectivity index (χ0) is 22.8. The molecule has 1 aliphatic carbocycles. The van der Waals surface area contributed by atoms with Crippen LogP contribution in [0.4, 0.5) is 0 Å². The van der Waals surface area contributed by atoms with Crippen LogP contribution in [0.25, 0.3) is 11.1 Å². The van der Waals surface area contributed by atoms with Gasteiger partial charge in [-0.3, -0.25) is 0 Å². The third kappa shape index (κ3) is 6.13. The standard InChI is InChI=1S/C28H35NO3/c1-3-5-6-7-19-31-25-14-10-23(11-15-25)24-12-16-26(17-13-24)32-27(30)28(21-29)18-8-9-22(4-2)20-28/h10-17,22H,3-9,18-20H2,1-2H3. The van der Waals surface area contributed by atoms with Gasteiger partial charge in [-0.05, 0) is 60.6 Å². The number of esters is 1. The first-order chi connectivity index (χ1) is 15.6. The summed E-state index contributed by atoms with van der Waals surface area (Å²) in [5.74, 6) is 1.38. The summed E-state index contributed by atoms with van der Waals surface area (Å²) in [6.45, 7) is 5.08. The average Bonchev–Trinajstić information content (AvgIpc) is 2.84. The molecule has 2 atom stereocenters. The van der Waals surface area contributed by atoms with Crippen LogP contribution < -0.4 is 9.47 Å². The van der Waals surface area contributed by atoms with Crippen LogP contribution in [0, 0.1) is 22.7 Å². The number of carbonyl (C=O) groups excluding carboxylic acids is 1. The third-order valence-electron chi connectivity index (χ3n) is 6.55. The van der Waals surface area contributed by atoms with Gasteiger partial charge in [-0.1, -0.05) is 76.6 Å². The maximum Gasteiger partial charge on any atom is 0.331 e. The SMILES string of the molecule is CCCCCCOc1ccc(-c2ccc(OC(=O)C3(C#N)CCCC(CC)C3)cc2)cc1. The number of unbranched alkanes of at least 4 members (excludes halogenated alkanes) is 3. The normalized spacial score (nSPS) is 20.3. The van der Waals surface area contributed by atoms with Crippen LogP contribution in [0.3, 0.4) is 0 Å². The Hall–Kier alpha value is -2.80. The maximum absolute atomic E-state index is 12.9. The van der Waals surface area contributed by atoms with Gasteiger partial charge in [0.05, 0.1) is 12.7 Å². The Bertz CT molecular complexity index is 898. The van der Waals surface area contributed by atoms with E-state index in [0.29, 0.717) is 24.5 Å². The Morgan fingerprint density at radius 3 is 2.25 bits per heavy atom. The fourth-order valence-electron chi connectivity index (χ4n) is 4.45. The Kier molecular flexibility index (Phi) is 8.73. The van der Waals surface area contributed by atoms with E-state index in [9.17, 15) is 10.1 Å². The van der Waals surface area contributed by atoms with Crippen LogP contribution in [-0.4, -0.2) is 12.6 Å². The second-order valence-corrected chi connectivity index (χ2v) is 8.91. The van der Waals surface area contributed by atoms with E-state index in [1.807, 2.05) is 36.4 Å². The van der Waals surface area contributed by atoms with Crippen LogP contribution in [0.15, 0.2) is 48.5 Å². The molecule has 0 saturated heterocycles. The van der Waals surface area contributed by atoms with Crippen LogP contribution in [0.1, 0.15) is 71.6 Å². The number of carbonyl (C=O) groups is 1. The van der Waals surface area contributed by atoms with E-state index in [1.165, 1.54) is 19.3 Å². The molecule has 0 heterocycles. The lowest BCUT2D eigenvalue weighted by atomic mass is 9.70. The highest BCUT2D eigenvalue weighted by Gasteiger charge is 2.44. The Morgan fingerprint density at radius 2 is 1.66 bits per heavy atom. The van der Waals surface area contributed by atoms with E-state index in [2.05, 4.69) is 19.9 Å². The van der Waals surface area contributed by atoms with Crippen molar-refractivity contribution in [1.82, 2.24) is 0 Å². The summed E-state index contributed by atoms with van der Waals surface area (Å²) in [5.41, 5.74) is 1.11. The lowest BCUT2D eigenvalue weighted by Gasteiger charge is -2.33. The molecule has 1 saturated carbocycles. The smallest absolute Gasteiger partial charge is 0.331 e. The highest BCUT2D eigenvalue weighted by molar-refractivity contribution is 5.82. The molecule has 0 N–H and O–H groups in total. The van der Waals surface area contributed by atoms with E-state index in [1.54, 1.807) is 12.1 Å². The monoisotopic (exact) mass is 433 g/mol. The largest absolute Gasteiger partial charge is 0.494 e. The molecule has 4 nitrogen and oxygen atoms in total. The van der Waals surface area contributed by atoms with Gasteiger partial charge in [0.25, 0.3) is 0 Å². The topological polar surface area (TPSA) is 59.3 Å². The van der Waals surface area contributed by atoms with Crippen LogP contribution in [-0.2, 0) is 4.79 Å². The number of rotatable bonds is 10. The number of ether oxygens (including phenoxy) is 2. The fourth-order valence-corrected chi connectivity index (χ4v) is 4.45. The molecule has 2 aromatic rings. The van der Waals surface area contributed by atoms with Gasteiger partial charge in [0.15, 0.2) is 5.41 Å². The van der Waals surface area contributed by atoms with Crippen LogP contribution >= 0.6 is 0 Å². The zero-order valence-corrected chi connectivity index (χ0v) is 19.4. The average molecular weight is 434 g/mol. The summed E-state index contributed by atoms with van der Waals surface area (Å²) < 4.78 is 11.5. The molecule has 32 heavy (non-hydrogen) atoms. The molecule has 0 radical (unpaired) electrons. The van der Waals surface area contributed by atoms with Crippen LogP contribution in [0.5, 0.6) is 11.5 Å². The minimum absolute atomic E-state index is 0.411. The highest BCUT2D eigenvalue weighted by atomic mass is 16.5. The first-order valence-electron chi connectivity index (χ1n) is 12.1. The Labute approximate surface area is 192 Å². The van der Waals surface area contributed by atoms with Crippen LogP contribution in [0.2, 0.25) is 0 Å². The first-order valence-corrected chi connectivity index (χ1v) is 12.1. The molecule has 3 rings (SSSR count). The van der Waals surface area contributed by atoms with Crippen molar-refractivity contribution in [2.45, 2.75) is 71.6 Å². The summed E-state index contributed by atoms with van der Waals surface area (Å²) in [6, 6.07) is 17.8. The van der Waals surface area contributed by atoms with Gasteiger partial charge < -0.3 is 9.47 Å². The minimum Gasteiger partial charge on any atom is -0.494 e. The molecule has 0 aliphatic heterocycles. The zero-order valence-electron chi connectivity index (χ0n) is 19.4. The van der Waals surface area contributed by atoms with Gasteiger partial charge >= 0.3 is 5.97 Å². The molecular weight excluding hydrogens is 398 g/mol. The molecule has 1 fully saturated rings. The molecule has 2 unspecified atom stereocenters. The highest BCUT2D eigenvalue weighted by Crippen LogP contribution is 2.41. The lowest BCUT2D eigenvalue weighted by molar-refractivity contribution is -0.145. The summed E-state index contributed by atoms with van der Waals surface area (Å²) in [7, 11) is 0. The second kappa shape index (κ2) is 11.7. The predicted molar refractivity (Wildman–Crippen MR) is 127 cm³/mol. The van der Waals surface area contributed by atoms with E-state index in [4.69, 9.17) is 9.47 Å². The fraction of sp³-hybridized carbons (Fsp3) is 0.500. The van der Waals surface area contributed by atoms with Crippen molar-refractivity contribution in [3.05, 3.63) is 48.5 Å². The molecule has 4 heteroatoms. The van der Waals surface area contributed by atoms with E-state index in [0.717, 1.165) is 49.2 Å². The summed E-state index contributed by atoms with van der Waals surface area (Å²) in [4.78, 5) is 12.9. The summed E-state index contributed by atoms with van der Waals surface area (Å²) in [6.07, 6.45) is 8.95. The van der Waals surface area contributed by atoms with Crippen molar-refractivity contribution >= 4 is 5.97 Å². The van der Waals surface area contributed by atoms with Crippen molar-refractivity contribution in [1.29, 1.82) is 5.26 Å². The molecule has 1 aliphatic rings. The van der Waals surface area contributed by atoms with Crippen molar-refractivity contribution in [3.8, 4) is 28.7 Å². The van der Waals surface area contributed by atoms with E-state index >= 15 is 0 Å². The molecular formula is C28H35NO3. The molecule has 0 spiro atoms. The molecule has 0 amide bonds.